The van der Waals surface area contributed by atoms with Crippen molar-refractivity contribution in [2.45, 2.75) is 13.1 Å². The van der Waals surface area contributed by atoms with Crippen molar-refractivity contribution in [1.82, 2.24) is 15.5 Å². The van der Waals surface area contributed by atoms with Gasteiger partial charge in [-0.2, -0.15) is 5.10 Å². The number of halogens is 2. The number of benzene rings is 2. The first kappa shape index (κ1) is 20.0. The number of carbonyl (C=O) groups excluding carboxylic acids is 1. The number of amides is 1. The Morgan fingerprint density at radius 2 is 1.93 bits per heavy atom. The molecule has 2 heterocycles. The van der Waals surface area contributed by atoms with Gasteiger partial charge in [-0.15, -0.1) is 23.7 Å². The van der Waals surface area contributed by atoms with Crippen LogP contribution >= 0.6 is 23.7 Å². The smallest absolute Gasteiger partial charge is 0.256 e. The number of carbonyl (C=O) groups is 1. The maximum absolute atomic E-state index is 13.0. The molecule has 0 radical (unpaired) electrons. The number of nitrogens with one attached hydrogen (secondary N) is 3. The fraction of sp³-hybridized carbons (Fsp3) is 0.100. The van der Waals surface area contributed by atoms with Crippen LogP contribution in [0, 0.1) is 5.82 Å². The van der Waals surface area contributed by atoms with Crippen molar-refractivity contribution >= 4 is 46.4 Å². The second-order valence-electron chi connectivity index (χ2n) is 6.10. The fourth-order valence-corrected chi connectivity index (χ4v) is 3.47. The van der Waals surface area contributed by atoms with E-state index in [0.29, 0.717) is 17.9 Å². The lowest BCUT2D eigenvalue weighted by atomic mass is 10.1. The normalized spacial score (nSPS) is 10.6. The summed E-state index contributed by atoms with van der Waals surface area (Å²) in [5.74, 6) is -0.250. The number of aromatic amines is 1. The van der Waals surface area contributed by atoms with Crippen molar-refractivity contribution < 1.29 is 9.18 Å². The van der Waals surface area contributed by atoms with Gasteiger partial charge in [0.2, 0.25) is 0 Å². The van der Waals surface area contributed by atoms with Crippen molar-refractivity contribution in [2.75, 3.05) is 5.32 Å². The zero-order valence-corrected chi connectivity index (χ0v) is 16.4. The SMILES string of the molecule is Cl.O=C(Nc1n[nH]c2ccc(CNCc3cccs3)cc12)c1ccc(F)cc1. The molecule has 0 spiro atoms. The molecule has 0 unspecified atom stereocenters. The zero-order valence-electron chi connectivity index (χ0n) is 14.7. The van der Waals surface area contributed by atoms with Crippen LogP contribution in [0.15, 0.2) is 60.0 Å². The topological polar surface area (TPSA) is 69.8 Å². The van der Waals surface area contributed by atoms with E-state index >= 15 is 0 Å². The average Bonchev–Trinajstić information content (AvgIpc) is 3.33. The van der Waals surface area contributed by atoms with Crippen molar-refractivity contribution in [3.63, 3.8) is 0 Å². The van der Waals surface area contributed by atoms with Gasteiger partial charge in [-0.05, 0) is 53.4 Å². The minimum Gasteiger partial charge on any atom is -0.308 e. The van der Waals surface area contributed by atoms with Gasteiger partial charge in [0, 0.05) is 28.9 Å². The Morgan fingerprint density at radius 3 is 2.68 bits per heavy atom. The van der Waals surface area contributed by atoms with Gasteiger partial charge >= 0.3 is 0 Å². The van der Waals surface area contributed by atoms with Gasteiger partial charge in [0.25, 0.3) is 5.91 Å². The van der Waals surface area contributed by atoms with E-state index in [1.54, 1.807) is 11.3 Å². The van der Waals surface area contributed by atoms with E-state index < -0.39 is 0 Å². The second kappa shape index (κ2) is 8.97. The van der Waals surface area contributed by atoms with Crippen LogP contribution in [0.4, 0.5) is 10.2 Å². The van der Waals surface area contributed by atoms with E-state index in [4.69, 9.17) is 0 Å². The van der Waals surface area contributed by atoms with Crippen LogP contribution in [0.25, 0.3) is 10.9 Å². The van der Waals surface area contributed by atoms with Crippen LogP contribution in [0.3, 0.4) is 0 Å². The third-order valence-electron chi connectivity index (χ3n) is 4.17. The van der Waals surface area contributed by atoms with E-state index in [-0.39, 0.29) is 24.1 Å². The minimum absolute atomic E-state index is 0. The summed E-state index contributed by atoms with van der Waals surface area (Å²) in [5, 5.41) is 16.2. The van der Waals surface area contributed by atoms with Crippen LogP contribution in [-0.4, -0.2) is 16.1 Å². The molecule has 0 saturated heterocycles. The molecule has 28 heavy (non-hydrogen) atoms. The van der Waals surface area contributed by atoms with Crippen LogP contribution < -0.4 is 10.6 Å². The average molecular weight is 417 g/mol. The van der Waals surface area contributed by atoms with E-state index in [1.807, 2.05) is 24.3 Å². The Morgan fingerprint density at radius 1 is 1.11 bits per heavy atom. The van der Waals surface area contributed by atoms with Gasteiger partial charge < -0.3 is 10.6 Å². The molecule has 0 aliphatic heterocycles. The molecule has 0 saturated carbocycles. The van der Waals surface area contributed by atoms with Crippen LogP contribution in [-0.2, 0) is 13.1 Å². The lowest BCUT2D eigenvalue weighted by Gasteiger charge is -2.05. The van der Waals surface area contributed by atoms with E-state index in [1.165, 1.54) is 29.1 Å². The first-order valence-electron chi connectivity index (χ1n) is 8.46. The Hall–Kier alpha value is -2.74. The molecule has 4 rings (SSSR count). The minimum atomic E-state index is -0.378. The summed E-state index contributed by atoms with van der Waals surface area (Å²) < 4.78 is 13.0. The highest BCUT2D eigenvalue weighted by atomic mass is 35.5. The lowest BCUT2D eigenvalue weighted by Crippen LogP contribution is -2.13. The molecule has 5 nitrogen and oxygen atoms in total. The maximum Gasteiger partial charge on any atom is 0.256 e. The molecule has 144 valence electrons. The van der Waals surface area contributed by atoms with Crippen LogP contribution in [0.1, 0.15) is 20.8 Å². The number of hydrogen-bond acceptors (Lipinski definition) is 4. The summed E-state index contributed by atoms with van der Waals surface area (Å²) in [6.45, 7) is 1.53. The van der Waals surface area contributed by atoms with E-state index in [2.05, 4.69) is 32.3 Å². The van der Waals surface area contributed by atoms with Crippen LogP contribution in [0.2, 0.25) is 0 Å². The lowest BCUT2D eigenvalue weighted by molar-refractivity contribution is 0.102. The maximum atomic E-state index is 13.0. The summed E-state index contributed by atoms with van der Waals surface area (Å²) >= 11 is 1.72. The van der Waals surface area contributed by atoms with Crippen molar-refractivity contribution in [3.05, 3.63) is 81.8 Å². The molecule has 0 fully saturated rings. The predicted octanol–water partition coefficient (Wildman–Crippen LogP) is 4.73. The number of thiophene rings is 1. The largest absolute Gasteiger partial charge is 0.308 e. The third-order valence-corrected chi connectivity index (χ3v) is 5.05. The summed E-state index contributed by atoms with van der Waals surface area (Å²) in [6.07, 6.45) is 0. The Bertz CT molecular complexity index is 1060. The number of H-pyrrole nitrogens is 1. The number of aromatic nitrogens is 2. The number of rotatable bonds is 6. The van der Waals surface area contributed by atoms with Gasteiger partial charge in [-0.25, -0.2) is 4.39 Å². The molecule has 2 aromatic heterocycles. The van der Waals surface area contributed by atoms with Crippen molar-refractivity contribution in [1.29, 1.82) is 0 Å². The molecule has 0 atom stereocenters. The van der Waals surface area contributed by atoms with Gasteiger partial charge in [0.1, 0.15) is 5.82 Å². The Labute approximate surface area is 171 Å². The quantitative estimate of drug-likeness (QED) is 0.425. The summed E-state index contributed by atoms with van der Waals surface area (Å²) in [7, 11) is 0. The first-order valence-corrected chi connectivity index (χ1v) is 9.34. The highest BCUT2D eigenvalue weighted by molar-refractivity contribution is 7.09. The van der Waals surface area contributed by atoms with Gasteiger partial charge in [-0.1, -0.05) is 12.1 Å². The third kappa shape index (κ3) is 4.56. The Kier molecular flexibility index (Phi) is 6.41. The van der Waals surface area contributed by atoms with Gasteiger partial charge in [0.15, 0.2) is 5.82 Å². The molecule has 0 aliphatic rings. The highest BCUT2D eigenvalue weighted by Crippen LogP contribution is 2.22. The van der Waals surface area contributed by atoms with E-state index in [9.17, 15) is 9.18 Å². The summed E-state index contributed by atoms with van der Waals surface area (Å²) in [4.78, 5) is 13.6. The molecular weight excluding hydrogens is 399 g/mol. The first-order chi connectivity index (χ1) is 13.2. The standard InChI is InChI=1S/C20H17FN4OS.ClH/c21-15-6-4-14(5-7-15)20(26)23-19-17-10-13(3-8-18(17)24-25-19)11-22-12-16-2-1-9-27-16;/h1-10,22H,11-12H2,(H2,23,24,25,26);1H. The number of hydrogen-bond donors (Lipinski definition) is 3. The molecule has 0 bridgehead atoms. The van der Waals surface area contributed by atoms with Gasteiger partial charge in [0.05, 0.1) is 5.52 Å². The molecule has 4 aromatic rings. The summed E-state index contributed by atoms with van der Waals surface area (Å²) in [5.41, 5.74) is 2.31. The summed E-state index contributed by atoms with van der Waals surface area (Å²) in [6, 6.07) is 15.5. The number of anilines is 1. The van der Waals surface area contributed by atoms with Crippen molar-refractivity contribution in [3.8, 4) is 0 Å². The monoisotopic (exact) mass is 416 g/mol. The molecule has 2 aromatic carbocycles. The predicted molar refractivity (Wildman–Crippen MR) is 113 cm³/mol. The molecule has 3 N–H and O–H groups in total. The number of nitrogens with zero attached hydrogens (tertiary/aromatic N) is 1. The number of fused-ring (bicyclic) bond motifs is 1. The molecule has 0 aliphatic carbocycles. The molecule has 1 amide bonds. The molecule has 8 heteroatoms. The van der Waals surface area contributed by atoms with Gasteiger partial charge in [-0.3, -0.25) is 9.89 Å². The fourth-order valence-electron chi connectivity index (χ4n) is 2.79. The van der Waals surface area contributed by atoms with Crippen molar-refractivity contribution in [2.24, 2.45) is 0 Å². The van der Waals surface area contributed by atoms with E-state index in [0.717, 1.165) is 23.0 Å². The Balaban J connectivity index is 0.00000225. The second-order valence-corrected chi connectivity index (χ2v) is 7.13. The molecular formula is C20H18ClFN4OS. The van der Waals surface area contributed by atoms with Crippen LogP contribution in [0.5, 0.6) is 0 Å². The zero-order chi connectivity index (χ0) is 18.6. The highest BCUT2D eigenvalue weighted by Gasteiger charge is 2.12.